The minimum atomic E-state index is 0. The molecule has 0 N–H and O–H groups in total. The predicted octanol–water partition coefficient (Wildman–Crippen LogP) is -8.39. The first-order valence-corrected chi connectivity index (χ1v) is 3.08. The summed E-state index contributed by atoms with van der Waals surface area (Å²) in [7, 11) is 0. The Bertz CT molecular complexity index is 8.75. The third-order valence-corrected chi connectivity index (χ3v) is 0. The Hall–Kier alpha value is 2.24. The summed E-state index contributed by atoms with van der Waals surface area (Å²) in [6.45, 7) is 2.16. The second-order valence-electron chi connectivity index (χ2n) is 0.354. The summed E-state index contributed by atoms with van der Waals surface area (Å²) in [6, 6.07) is 0. The summed E-state index contributed by atoms with van der Waals surface area (Å²) >= 11 is 1.64. The van der Waals surface area contributed by atoms with Crippen molar-refractivity contribution in [1.29, 1.82) is 0 Å². The van der Waals surface area contributed by atoms with Gasteiger partial charge in [0.25, 0.3) is 0 Å². The van der Waals surface area contributed by atoms with Crippen molar-refractivity contribution < 1.29 is 50.9 Å². The van der Waals surface area contributed by atoms with Crippen molar-refractivity contribution in [2.24, 2.45) is 0 Å². The predicted molar refractivity (Wildman–Crippen MR) is 16.2 cm³/mol. The van der Waals surface area contributed by atoms with E-state index in [1.165, 1.54) is 4.44 Å². The summed E-state index contributed by atoms with van der Waals surface area (Å²) in [4.78, 5) is 0. The van der Waals surface area contributed by atoms with Crippen LogP contribution in [0.3, 0.4) is 0 Å². The zero-order valence-electron chi connectivity index (χ0n) is 3.34. The largest absolute Gasteiger partial charge is 1.00 e. The molecular weight excluding hydrogens is 382 g/mol. The van der Waals surface area contributed by atoms with Crippen LogP contribution >= 0.6 is 0 Å². The van der Waals surface area contributed by atoms with E-state index >= 15 is 0 Å². The molecule has 0 unspecified atom stereocenters. The van der Waals surface area contributed by atoms with Crippen molar-refractivity contribution in [3.8, 4) is 0 Å². The molecule has 0 aromatic heterocycles. The maximum atomic E-state index is 2.16. The van der Waals surface area contributed by atoms with Crippen molar-refractivity contribution >= 4 is 22.5 Å². The van der Waals surface area contributed by atoms with Gasteiger partial charge in [-0.25, -0.2) is 0 Å². The van der Waals surface area contributed by atoms with Gasteiger partial charge in [0.15, 0.2) is 0 Å². The summed E-state index contributed by atoms with van der Waals surface area (Å²) in [5.74, 6) is 0. The zero-order valence-corrected chi connectivity index (χ0v) is 11.0. The van der Waals surface area contributed by atoms with E-state index in [0.717, 1.165) is 0 Å². The van der Waals surface area contributed by atoms with Gasteiger partial charge in [-0.15, -0.1) is 0 Å². The van der Waals surface area contributed by atoms with Crippen molar-refractivity contribution in [3.05, 3.63) is 0 Å². The minimum absolute atomic E-state index is 0. The van der Waals surface area contributed by atoms with Crippen molar-refractivity contribution in [2.75, 3.05) is 0 Å². The van der Waals surface area contributed by atoms with Crippen molar-refractivity contribution in [3.63, 3.8) is 0 Å². The average Bonchev–Trinajstić information content (AvgIpc) is 0.918. The van der Waals surface area contributed by atoms with Gasteiger partial charge in [-0.1, -0.05) is 0 Å². The molecule has 0 radical (unpaired) electrons. The van der Waals surface area contributed by atoms with E-state index in [9.17, 15) is 0 Å². The van der Waals surface area contributed by atoms with Crippen LogP contribution < -0.4 is 50.9 Å². The third kappa shape index (κ3) is 34.2. The Morgan fingerprint density at radius 1 is 1.17 bits per heavy atom. The molecule has 0 aromatic rings. The van der Waals surface area contributed by atoms with E-state index < -0.39 is 0 Å². The second-order valence-corrected chi connectivity index (χ2v) is 2.37. The Balaban J connectivity index is -0.00000000667. The van der Waals surface area contributed by atoms with Gasteiger partial charge in [0.1, 0.15) is 0 Å². The number of rotatable bonds is 0. The molecule has 0 nitrogen and oxygen atoms in total. The van der Waals surface area contributed by atoms with Crippen LogP contribution in [0.5, 0.6) is 0 Å². The van der Waals surface area contributed by atoms with Crippen LogP contribution in [0.2, 0.25) is 4.44 Å². The van der Waals surface area contributed by atoms with Gasteiger partial charge in [-0.05, 0) is 0 Å². The molecular formula is C2H5Br3Sn. The zero-order chi connectivity index (χ0) is 2.71. The van der Waals surface area contributed by atoms with E-state index in [0.29, 0.717) is 0 Å². The Morgan fingerprint density at radius 3 is 1.17 bits per heavy atom. The molecule has 0 saturated heterocycles. The van der Waals surface area contributed by atoms with Gasteiger partial charge in [0.05, 0.1) is 0 Å². The summed E-state index contributed by atoms with van der Waals surface area (Å²) in [5.41, 5.74) is 0. The molecule has 38 valence electrons. The summed E-state index contributed by atoms with van der Waals surface area (Å²) in [6.07, 6.45) is 0. The number of halogens is 3. The molecule has 0 aliphatic carbocycles. The third-order valence-electron chi connectivity index (χ3n) is 0. The summed E-state index contributed by atoms with van der Waals surface area (Å²) in [5, 5.41) is 0. The van der Waals surface area contributed by atoms with Gasteiger partial charge in [0.2, 0.25) is 0 Å². The van der Waals surface area contributed by atoms with Crippen molar-refractivity contribution in [1.82, 2.24) is 0 Å². The molecule has 0 saturated carbocycles. The molecule has 0 bridgehead atoms. The fourth-order valence-electron chi connectivity index (χ4n) is 0. The van der Waals surface area contributed by atoms with E-state index in [1.54, 1.807) is 22.5 Å². The quantitative estimate of drug-likeness (QED) is 0.362. The maximum Gasteiger partial charge on any atom is -1.00 e. The molecule has 0 amide bonds. The molecule has 4 heteroatoms. The van der Waals surface area contributed by atoms with Gasteiger partial charge < -0.3 is 50.9 Å². The van der Waals surface area contributed by atoms with Crippen molar-refractivity contribution in [2.45, 2.75) is 11.4 Å². The van der Waals surface area contributed by atoms with E-state index in [-0.39, 0.29) is 50.9 Å². The molecule has 0 aliphatic rings. The SMILES string of the molecule is C[CH2][Sn+3].[Br-].[Br-].[Br-]. The normalized spacial score (nSPS) is 3.17. The Morgan fingerprint density at radius 2 is 1.17 bits per heavy atom. The van der Waals surface area contributed by atoms with Crippen LogP contribution in [0.4, 0.5) is 0 Å². The number of hydrogen-bond acceptors (Lipinski definition) is 0. The van der Waals surface area contributed by atoms with Gasteiger partial charge in [-0.2, -0.15) is 0 Å². The molecule has 0 spiro atoms. The molecule has 6 heavy (non-hydrogen) atoms. The molecule has 0 fully saturated rings. The Labute approximate surface area is 83.9 Å². The average molecular weight is 387 g/mol. The van der Waals surface area contributed by atoms with E-state index in [2.05, 4.69) is 6.92 Å². The topological polar surface area (TPSA) is 0 Å². The van der Waals surface area contributed by atoms with Gasteiger partial charge in [0, 0.05) is 0 Å². The molecule has 0 heterocycles. The first kappa shape index (κ1) is 24.0. The summed E-state index contributed by atoms with van der Waals surface area (Å²) < 4.78 is 1.34. The van der Waals surface area contributed by atoms with Gasteiger partial charge >= 0.3 is 33.9 Å². The van der Waals surface area contributed by atoms with Crippen LogP contribution in [0.25, 0.3) is 0 Å². The van der Waals surface area contributed by atoms with Crippen LogP contribution in [-0.2, 0) is 0 Å². The van der Waals surface area contributed by atoms with E-state index in [1.807, 2.05) is 0 Å². The van der Waals surface area contributed by atoms with Crippen LogP contribution in [0.15, 0.2) is 0 Å². The number of hydrogen-bond donors (Lipinski definition) is 0. The molecule has 0 rings (SSSR count). The van der Waals surface area contributed by atoms with Crippen LogP contribution in [0.1, 0.15) is 6.92 Å². The van der Waals surface area contributed by atoms with Gasteiger partial charge in [-0.3, -0.25) is 0 Å². The second kappa shape index (κ2) is 26.9. The molecule has 0 aromatic carbocycles. The first-order chi connectivity index (χ1) is 1.41. The first-order valence-electron chi connectivity index (χ1n) is 1.06. The van der Waals surface area contributed by atoms with E-state index in [4.69, 9.17) is 0 Å². The molecule has 0 atom stereocenters. The maximum absolute atomic E-state index is 2.16. The molecule has 0 aliphatic heterocycles. The standard InChI is InChI=1S/C2H5.3BrH.Sn/c1-2;;;;/h1H2,2H3;3*1H;/q;;;;+3/p-3. The van der Waals surface area contributed by atoms with Crippen LogP contribution in [-0.4, -0.2) is 22.5 Å². The fraction of sp³-hybridized carbons (Fsp3) is 1.00. The monoisotopic (exact) mass is 386 g/mol. The van der Waals surface area contributed by atoms with Crippen LogP contribution in [0, 0.1) is 0 Å². The Kier molecular flexibility index (Phi) is 108. The smallest absolute Gasteiger partial charge is 1.00 e. The minimum Gasteiger partial charge on any atom is -1.00 e. The fourth-order valence-corrected chi connectivity index (χ4v) is 0.